The second-order valence-electron chi connectivity index (χ2n) is 10.1. The molecule has 2 fully saturated rings. The molecule has 0 saturated carbocycles. The quantitative estimate of drug-likeness (QED) is 0.277. The minimum atomic E-state index is -0.146. The van der Waals surface area contributed by atoms with E-state index in [9.17, 15) is 0 Å². The molecular weight excluding hydrogens is 542 g/mol. The molecule has 2 aliphatic rings. The lowest BCUT2D eigenvalue weighted by Gasteiger charge is -2.29. The molecule has 2 saturated heterocycles. The lowest BCUT2D eigenvalue weighted by atomic mass is 9.96. The molecule has 0 unspecified atom stereocenters. The SMILES string of the molecule is COc1ccc(N2C(=S)N[C@@H](c3ccccn3)[C@H]2c2cc(C)n(-c3ccc(N4CCOCC4)cc3)c2C)cc1Cl. The predicted molar refractivity (Wildman–Crippen MR) is 164 cm³/mol. The number of aromatic nitrogens is 2. The zero-order chi connectivity index (χ0) is 27.8. The topological polar surface area (TPSA) is 54.8 Å². The molecule has 0 bridgehead atoms. The van der Waals surface area contributed by atoms with Crippen LogP contribution in [-0.2, 0) is 4.74 Å². The molecule has 2 aliphatic heterocycles. The van der Waals surface area contributed by atoms with E-state index in [0.717, 1.165) is 54.8 Å². The van der Waals surface area contributed by atoms with E-state index in [2.05, 4.69) is 63.9 Å². The van der Waals surface area contributed by atoms with Gasteiger partial charge >= 0.3 is 0 Å². The number of anilines is 2. The van der Waals surface area contributed by atoms with Crippen LogP contribution in [-0.4, -0.2) is 48.1 Å². The number of hydrogen-bond acceptors (Lipinski definition) is 5. The van der Waals surface area contributed by atoms with Crippen LogP contribution in [0.3, 0.4) is 0 Å². The molecule has 4 heterocycles. The molecule has 0 radical (unpaired) electrons. The van der Waals surface area contributed by atoms with Gasteiger partial charge < -0.3 is 29.2 Å². The number of halogens is 1. The molecule has 2 aromatic carbocycles. The van der Waals surface area contributed by atoms with Gasteiger partial charge in [-0.05, 0) is 92.3 Å². The Morgan fingerprint density at radius 3 is 2.38 bits per heavy atom. The van der Waals surface area contributed by atoms with Gasteiger partial charge in [-0.15, -0.1) is 0 Å². The third-order valence-electron chi connectivity index (χ3n) is 7.78. The van der Waals surface area contributed by atoms with Crippen LogP contribution < -0.4 is 19.9 Å². The fourth-order valence-corrected chi connectivity index (χ4v) is 6.47. The van der Waals surface area contributed by atoms with Gasteiger partial charge in [-0.2, -0.15) is 0 Å². The van der Waals surface area contributed by atoms with E-state index in [1.54, 1.807) is 7.11 Å². The lowest BCUT2D eigenvalue weighted by molar-refractivity contribution is 0.122. The van der Waals surface area contributed by atoms with Crippen LogP contribution in [0.5, 0.6) is 5.75 Å². The molecule has 4 aromatic rings. The molecule has 0 aliphatic carbocycles. The second-order valence-corrected chi connectivity index (χ2v) is 10.9. The van der Waals surface area contributed by atoms with Gasteiger partial charge in [0.05, 0.1) is 43.1 Å². The Labute approximate surface area is 245 Å². The lowest BCUT2D eigenvalue weighted by Crippen LogP contribution is -2.36. The third-order valence-corrected chi connectivity index (χ3v) is 8.39. The normalized spacial score (nSPS) is 19.1. The molecule has 1 N–H and O–H groups in total. The maximum absolute atomic E-state index is 6.57. The van der Waals surface area contributed by atoms with Crippen molar-refractivity contribution in [1.29, 1.82) is 0 Å². The van der Waals surface area contributed by atoms with Crippen molar-refractivity contribution in [1.82, 2.24) is 14.9 Å². The first kappa shape index (κ1) is 26.6. The average Bonchev–Trinajstić information content (AvgIpc) is 3.48. The predicted octanol–water partition coefficient (Wildman–Crippen LogP) is 6.16. The van der Waals surface area contributed by atoms with Crippen molar-refractivity contribution in [2.45, 2.75) is 25.9 Å². The Hall–Kier alpha value is -3.59. The van der Waals surface area contributed by atoms with Crippen molar-refractivity contribution in [3.63, 3.8) is 0 Å². The van der Waals surface area contributed by atoms with Gasteiger partial charge in [-0.25, -0.2) is 0 Å². The highest BCUT2D eigenvalue weighted by atomic mass is 35.5. The Kier molecular flexibility index (Phi) is 7.40. The van der Waals surface area contributed by atoms with Gasteiger partial charge in [0.15, 0.2) is 5.11 Å². The summed E-state index contributed by atoms with van der Waals surface area (Å²) in [4.78, 5) is 9.22. The Bertz CT molecular complexity index is 1520. The van der Waals surface area contributed by atoms with E-state index in [4.69, 9.17) is 38.3 Å². The molecule has 40 heavy (non-hydrogen) atoms. The van der Waals surface area contributed by atoms with Crippen LogP contribution in [0.4, 0.5) is 11.4 Å². The summed E-state index contributed by atoms with van der Waals surface area (Å²) in [5.41, 5.74) is 7.64. The van der Waals surface area contributed by atoms with Crippen molar-refractivity contribution in [3.05, 3.63) is 101 Å². The summed E-state index contributed by atoms with van der Waals surface area (Å²) in [6.45, 7) is 7.70. The first-order valence-corrected chi connectivity index (χ1v) is 14.2. The number of rotatable bonds is 6. The number of pyridine rings is 1. The van der Waals surface area contributed by atoms with Gasteiger partial charge in [0.1, 0.15) is 5.75 Å². The smallest absolute Gasteiger partial charge is 0.174 e. The van der Waals surface area contributed by atoms with Crippen LogP contribution in [0.2, 0.25) is 5.02 Å². The minimum absolute atomic E-state index is 0.139. The number of methoxy groups -OCH3 is 1. The number of nitrogens with zero attached hydrogens (tertiary/aromatic N) is 4. The molecule has 0 spiro atoms. The van der Waals surface area contributed by atoms with Crippen molar-refractivity contribution in [3.8, 4) is 11.4 Å². The molecule has 9 heteroatoms. The fourth-order valence-electron chi connectivity index (χ4n) is 5.87. The maximum Gasteiger partial charge on any atom is 0.174 e. The van der Waals surface area contributed by atoms with Crippen molar-refractivity contribution < 1.29 is 9.47 Å². The molecule has 7 nitrogen and oxygen atoms in total. The Morgan fingerprint density at radius 1 is 0.975 bits per heavy atom. The number of ether oxygens (including phenoxy) is 2. The zero-order valence-electron chi connectivity index (χ0n) is 22.8. The number of thiocarbonyl (C=S) groups is 1. The summed E-state index contributed by atoms with van der Waals surface area (Å²) in [7, 11) is 1.62. The van der Waals surface area contributed by atoms with Crippen LogP contribution in [0.25, 0.3) is 5.69 Å². The zero-order valence-corrected chi connectivity index (χ0v) is 24.4. The molecular formula is C31H32ClN5O2S. The summed E-state index contributed by atoms with van der Waals surface area (Å²) in [6, 6.07) is 22.5. The van der Waals surface area contributed by atoms with Gasteiger partial charge in [-0.3, -0.25) is 4.98 Å². The van der Waals surface area contributed by atoms with Crippen LogP contribution in [0.1, 0.15) is 34.7 Å². The summed E-state index contributed by atoms with van der Waals surface area (Å²) < 4.78 is 13.2. The fraction of sp³-hybridized carbons (Fsp3) is 0.290. The van der Waals surface area contributed by atoms with Gasteiger partial charge in [0.2, 0.25) is 0 Å². The van der Waals surface area contributed by atoms with Crippen LogP contribution in [0.15, 0.2) is 72.9 Å². The number of aryl methyl sites for hydroxylation is 1. The Balaban J connectivity index is 1.42. The summed E-state index contributed by atoms with van der Waals surface area (Å²) in [5, 5.41) is 4.71. The number of nitrogens with one attached hydrogen (secondary N) is 1. The number of morpholine rings is 1. The molecule has 0 amide bonds. The average molecular weight is 574 g/mol. The highest BCUT2D eigenvalue weighted by Gasteiger charge is 2.42. The van der Waals surface area contributed by atoms with Crippen molar-refractivity contribution in [2.75, 3.05) is 43.2 Å². The van der Waals surface area contributed by atoms with E-state index >= 15 is 0 Å². The number of benzene rings is 2. The van der Waals surface area contributed by atoms with E-state index in [1.165, 1.54) is 11.3 Å². The Morgan fingerprint density at radius 2 is 1.70 bits per heavy atom. The second kappa shape index (κ2) is 11.1. The van der Waals surface area contributed by atoms with Crippen molar-refractivity contribution >= 4 is 40.3 Å². The van der Waals surface area contributed by atoms with E-state index in [-0.39, 0.29) is 12.1 Å². The van der Waals surface area contributed by atoms with E-state index in [0.29, 0.717) is 15.9 Å². The highest BCUT2D eigenvalue weighted by Crippen LogP contribution is 2.45. The van der Waals surface area contributed by atoms with E-state index in [1.807, 2.05) is 42.6 Å². The molecule has 206 valence electrons. The van der Waals surface area contributed by atoms with Crippen LogP contribution in [0, 0.1) is 13.8 Å². The maximum atomic E-state index is 6.57. The van der Waals surface area contributed by atoms with Crippen LogP contribution >= 0.6 is 23.8 Å². The van der Waals surface area contributed by atoms with Gasteiger partial charge in [-0.1, -0.05) is 17.7 Å². The van der Waals surface area contributed by atoms with Crippen molar-refractivity contribution in [2.24, 2.45) is 0 Å². The summed E-state index contributed by atoms with van der Waals surface area (Å²) in [6.07, 6.45) is 1.82. The van der Waals surface area contributed by atoms with Gasteiger partial charge in [0.25, 0.3) is 0 Å². The molecule has 2 atom stereocenters. The van der Waals surface area contributed by atoms with E-state index < -0.39 is 0 Å². The first-order chi connectivity index (χ1) is 19.5. The summed E-state index contributed by atoms with van der Waals surface area (Å²) >= 11 is 12.5. The summed E-state index contributed by atoms with van der Waals surface area (Å²) in [5.74, 6) is 0.625. The minimum Gasteiger partial charge on any atom is -0.495 e. The standard InChI is InChI=1S/C31H32ClN5O2S/c1-20-18-25(21(2)36(20)23-9-7-22(8-10-23)35-14-16-39-17-15-35)30-29(27-6-4-5-13-33-27)34-31(40)37(30)24-11-12-28(38-3)26(32)19-24/h4-13,18-19,29-30H,14-17H2,1-3H3,(H,34,40)/t29-,30+/m0/s1. The van der Waals surface area contributed by atoms with Gasteiger partial charge in [0, 0.05) is 47.7 Å². The monoisotopic (exact) mass is 573 g/mol. The third kappa shape index (κ3) is 4.80. The first-order valence-electron chi connectivity index (χ1n) is 13.4. The number of hydrogen-bond donors (Lipinski definition) is 1. The largest absolute Gasteiger partial charge is 0.495 e. The highest BCUT2D eigenvalue weighted by molar-refractivity contribution is 7.80. The molecule has 6 rings (SSSR count). The molecule has 2 aromatic heterocycles.